The molecule has 2 aromatic heterocycles. The zero-order valence-corrected chi connectivity index (χ0v) is 9.06. The molecule has 0 saturated heterocycles. The van der Waals surface area contributed by atoms with Crippen molar-refractivity contribution >= 4 is 0 Å². The van der Waals surface area contributed by atoms with Gasteiger partial charge in [0.05, 0.1) is 12.1 Å². The molecule has 0 bridgehead atoms. The molecular weight excluding hydrogens is 206 g/mol. The molecule has 82 valence electrons. The van der Waals surface area contributed by atoms with Crippen LogP contribution in [-0.4, -0.2) is 34.1 Å². The lowest BCUT2D eigenvalue weighted by atomic mass is 10.3. The molecule has 16 heavy (non-hydrogen) atoms. The standard InChI is InChI=1S/C10H11N5O/c1-15(2)6-9-13-10(16-14-9)7-3-8(4-11)12-5-7/h3,5,12H,6H2,1-2H3. The summed E-state index contributed by atoms with van der Waals surface area (Å²) in [7, 11) is 3.86. The molecule has 0 radical (unpaired) electrons. The average Bonchev–Trinajstić information content (AvgIpc) is 2.83. The van der Waals surface area contributed by atoms with E-state index in [2.05, 4.69) is 15.1 Å². The number of rotatable bonds is 3. The Morgan fingerprint density at radius 2 is 2.38 bits per heavy atom. The van der Waals surface area contributed by atoms with Crippen molar-refractivity contribution in [1.82, 2.24) is 20.0 Å². The highest BCUT2D eigenvalue weighted by Gasteiger charge is 2.10. The van der Waals surface area contributed by atoms with Crippen molar-refractivity contribution in [2.24, 2.45) is 0 Å². The van der Waals surface area contributed by atoms with Gasteiger partial charge in [0.15, 0.2) is 5.82 Å². The topological polar surface area (TPSA) is 81.7 Å². The first kappa shape index (κ1) is 10.4. The fourth-order valence-electron chi connectivity index (χ4n) is 1.30. The lowest BCUT2D eigenvalue weighted by Crippen LogP contribution is -2.11. The van der Waals surface area contributed by atoms with Gasteiger partial charge >= 0.3 is 0 Å². The van der Waals surface area contributed by atoms with Crippen LogP contribution < -0.4 is 0 Å². The van der Waals surface area contributed by atoms with Crippen LogP contribution in [0, 0.1) is 11.3 Å². The molecular formula is C10H11N5O. The molecule has 6 nitrogen and oxygen atoms in total. The summed E-state index contributed by atoms with van der Waals surface area (Å²) in [6.07, 6.45) is 1.67. The molecule has 0 aliphatic heterocycles. The Labute approximate surface area is 92.5 Å². The number of hydrogen-bond acceptors (Lipinski definition) is 5. The van der Waals surface area contributed by atoms with Crippen LogP contribution in [-0.2, 0) is 6.54 Å². The number of H-pyrrole nitrogens is 1. The summed E-state index contributed by atoms with van der Waals surface area (Å²) < 4.78 is 5.09. The van der Waals surface area contributed by atoms with Crippen molar-refractivity contribution in [3.8, 4) is 17.5 Å². The smallest absolute Gasteiger partial charge is 0.259 e. The van der Waals surface area contributed by atoms with Gasteiger partial charge in [-0.05, 0) is 20.2 Å². The maximum absolute atomic E-state index is 8.67. The van der Waals surface area contributed by atoms with Crippen LogP contribution in [0.5, 0.6) is 0 Å². The predicted molar refractivity (Wildman–Crippen MR) is 56.2 cm³/mol. The molecule has 1 N–H and O–H groups in total. The number of nitrogens with zero attached hydrogens (tertiary/aromatic N) is 4. The van der Waals surface area contributed by atoms with E-state index in [0.717, 1.165) is 5.56 Å². The summed E-state index contributed by atoms with van der Waals surface area (Å²) in [5, 5.41) is 12.5. The number of aromatic nitrogens is 3. The minimum Gasteiger partial charge on any atom is -0.352 e. The molecule has 2 rings (SSSR count). The van der Waals surface area contributed by atoms with E-state index in [1.54, 1.807) is 12.3 Å². The second-order valence-electron chi connectivity index (χ2n) is 3.67. The highest BCUT2D eigenvalue weighted by atomic mass is 16.5. The largest absolute Gasteiger partial charge is 0.352 e. The molecule has 0 aromatic carbocycles. The van der Waals surface area contributed by atoms with Gasteiger partial charge in [-0.1, -0.05) is 5.16 Å². The molecule has 0 amide bonds. The summed E-state index contributed by atoms with van der Waals surface area (Å²) in [6, 6.07) is 3.68. The maximum Gasteiger partial charge on any atom is 0.259 e. The summed E-state index contributed by atoms with van der Waals surface area (Å²) in [6.45, 7) is 0.624. The molecule has 0 atom stereocenters. The molecule has 0 fully saturated rings. The molecule has 0 aliphatic carbocycles. The Kier molecular flexibility index (Phi) is 2.70. The average molecular weight is 217 g/mol. The van der Waals surface area contributed by atoms with Gasteiger partial charge in [0.2, 0.25) is 0 Å². The molecule has 2 aromatic rings. The van der Waals surface area contributed by atoms with Crippen molar-refractivity contribution in [1.29, 1.82) is 5.26 Å². The first-order valence-electron chi connectivity index (χ1n) is 4.75. The van der Waals surface area contributed by atoms with Crippen molar-refractivity contribution < 1.29 is 4.52 Å². The Balaban J connectivity index is 2.21. The quantitative estimate of drug-likeness (QED) is 0.829. The van der Waals surface area contributed by atoms with E-state index in [9.17, 15) is 0 Å². The number of aromatic amines is 1. The van der Waals surface area contributed by atoms with Gasteiger partial charge in [-0.25, -0.2) is 0 Å². The molecule has 6 heteroatoms. The van der Waals surface area contributed by atoms with E-state index >= 15 is 0 Å². The molecule has 0 spiro atoms. The summed E-state index contributed by atoms with van der Waals surface area (Å²) in [5.74, 6) is 1.05. The van der Waals surface area contributed by atoms with Gasteiger partial charge in [0.25, 0.3) is 5.89 Å². The molecule has 0 aliphatic rings. The van der Waals surface area contributed by atoms with Crippen LogP contribution in [0.3, 0.4) is 0 Å². The lowest BCUT2D eigenvalue weighted by molar-refractivity contribution is 0.365. The van der Waals surface area contributed by atoms with Crippen LogP contribution in [0.4, 0.5) is 0 Å². The Bertz CT molecular complexity index is 519. The van der Waals surface area contributed by atoms with Gasteiger partial charge in [-0.15, -0.1) is 0 Å². The Morgan fingerprint density at radius 1 is 1.56 bits per heavy atom. The molecule has 2 heterocycles. The minimum absolute atomic E-state index is 0.426. The SMILES string of the molecule is CN(C)Cc1noc(-c2c[nH]c(C#N)c2)n1. The van der Waals surface area contributed by atoms with Gasteiger partial charge in [-0.3, -0.25) is 0 Å². The van der Waals surface area contributed by atoms with Crippen LogP contribution in [0.1, 0.15) is 11.5 Å². The first-order valence-corrected chi connectivity index (χ1v) is 4.75. The monoisotopic (exact) mass is 217 g/mol. The third-order valence-corrected chi connectivity index (χ3v) is 1.98. The third-order valence-electron chi connectivity index (χ3n) is 1.98. The predicted octanol–water partition coefficient (Wildman–Crippen LogP) is 0.998. The van der Waals surface area contributed by atoms with Crippen LogP contribution in [0.15, 0.2) is 16.8 Å². The van der Waals surface area contributed by atoms with E-state index in [1.165, 1.54) is 0 Å². The molecule has 0 unspecified atom stereocenters. The minimum atomic E-state index is 0.426. The zero-order valence-electron chi connectivity index (χ0n) is 9.06. The van der Waals surface area contributed by atoms with Gasteiger partial charge in [-0.2, -0.15) is 10.2 Å². The lowest BCUT2D eigenvalue weighted by Gasteiger charge is -2.03. The van der Waals surface area contributed by atoms with E-state index in [-0.39, 0.29) is 0 Å². The van der Waals surface area contributed by atoms with Crippen molar-refractivity contribution in [2.75, 3.05) is 14.1 Å². The second-order valence-corrected chi connectivity index (χ2v) is 3.67. The Hall–Kier alpha value is -2.13. The summed E-state index contributed by atoms with van der Waals surface area (Å²) in [5.41, 5.74) is 1.21. The highest BCUT2D eigenvalue weighted by Crippen LogP contribution is 2.17. The van der Waals surface area contributed by atoms with Crippen molar-refractivity contribution in [2.45, 2.75) is 6.54 Å². The Morgan fingerprint density at radius 3 is 3.00 bits per heavy atom. The fraction of sp³-hybridized carbons (Fsp3) is 0.300. The maximum atomic E-state index is 8.67. The van der Waals surface area contributed by atoms with E-state index < -0.39 is 0 Å². The number of nitrogens with one attached hydrogen (secondary N) is 1. The normalized spacial score (nSPS) is 10.6. The number of nitriles is 1. The zero-order chi connectivity index (χ0) is 11.5. The highest BCUT2D eigenvalue weighted by molar-refractivity contribution is 5.54. The van der Waals surface area contributed by atoms with Crippen LogP contribution >= 0.6 is 0 Å². The summed E-state index contributed by atoms with van der Waals surface area (Å²) in [4.78, 5) is 8.97. The first-order chi connectivity index (χ1) is 7.69. The van der Waals surface area contributed by atoms with E-state index in [4.69, 9.17) is 9.78 Å². The second kappa shape index (κ2) is 4.16. The van der Waals surface area contributed by atoms with Crippen LogP contribution in [0.25, 0.3) is 11.5 Å². The molecule has 0 saturated carbocycles. The third kappa shape index (κ3) is 2.10. The van der Waals surface area contributed by atoms with E-state index in [0.29, 0.717) is 24.0 Å². The van der Waals surface area contributed by atoms with Gasteiger partial charge in [0, 0.05) is 6.20 Å². The van der Waals surface area contributed by atoms with E-state index in [1.807, 2.05) is 25.1 Å². The summed E-state index contributed by atoms with van der Waals surface area (Å²) >= 11 is 0. The number of hydrogen-bond donors (Lipinski definition) is 1. The van der Waals surface area contributed by atoms with Crippen LogP contribution in [0.2, 0.25) is 0 Å². The van der Waals surface area contributed by atoms with Gasteiger partial charge in [0.1, 0.15) is 11.8 Å². The van der Waals surface area contributed by atoms with Crippen molar-refractivity contribution in [3.63, 3.8) is 0 Å². The van der Waals surface area contributed by atoms with Crippen molar-refractivity contribution in [3.05, 3.63) is 23.8 Å². The fourth-order valence-corrected chi connectivity index (χ4v) is 1.30. The van der Waals surface area contributed by atoms with Gasteiger partial charge < -0.3 is 14.4 Å².